The van der Waals surface area contributed by atoms with Crippen molar-refractivity contribution in [3.63, 3.8) is 0 Å². The number of hydrogen-bond acceptors (Lipinski definition) is 7. The van der Waals surface area contributed by atoms with E-state index in [-0.39, 0.29) is 20.5 Å². The second kappa shape index (κ2) is 6.43. The Labute approximate surface area is 152 Å². The lowest BCUT2D eigenvalue weighted by molar-refractivity contribution is 0.0183. The molecule has 25 heavy (non-hydrogen) atoms. The molecule has 1 saturated heterocycles. The fraction of sp³-hybridized carbons (Fsp3) is 0.357. The van der Waals surface area contributed by atoms with Crippen LogP contribution in [0.25, 0.3) is 0 Å². The maximum Gasteiger partial charge on any atom is 0.294 e. The number of amides is 2. The van der Waals surface area contributed by atoms with Gasteiger partial charge in [0.2, 0.25) is 0 Å². The third-order valence-electron chi connectivity index (χ3n) is 3.64. The first-order valence-electron chi connectivity index (χ1n) is 7.24. The van der Waals surface area contributed by atoms with Gasteiger partial charge < -0.3 is 4.52 Å². The number of aryl methyl sites for hydroxylation is 1. The SMILES string of the molecule is Cc1cc(C(=O)N2CCCN2C(=O)c2scc(S(C)(=O)=O)c2Cl)no1. The minimum absolute atomic E-state index is 0.0816. The molecule has 0 atom stereocenters. The highest BCUT2D eigenvalue weighted by atomic mass is 35.5. The van der Waals surface area contributed by atoms with Crippen LogP contribution in [0.15, 0.2) is 20.9 Å². The predicted molar refractivity (Wildman–Crippen MR) is 90.4 cm³/mol. The number of sulfone groups is 1. The van der Waals surface area contributed by atoms with Crippen LogP contribution < -0.4 is 0 Å². The Balaban J connectivity index is 1.89. The van der Waals surface area contributed by atoms with Gasteiger partial charge in [-0.2, -0.15) is 0 Å². The summed E-state index contributed by atoms with van der Waals surface area (Å²) in [5.41, 5.74) is 0.103. The third kappa shape index (κ3) is 3.29. The molecule has 0 aromatic carbocycles. The van der Waals surface area contributed by atoms with Crippen LogP contribution in [0.4, 0.5) is 0 Å². The van der Waals surface area contributed by atoms with Gasteiger partial charge in [-0.15, -0.1) is 11.3 Å². The standard InChI is InChI=1S/C14H14ClN3O5S2/c1-8-6-9(16-23-8)13(19)17-4-3-5-18(17)14(20)12-11(15)10(7-24-12)25(2,21)22/h6-7H,3-5H2,1-2H3. The molecule has 8 nitrogen and oxygen atoms in total. The molecule has 0 bridgehead atoms. The molecule has 1 aliphatic heterocycles. The van der Waals surface area contributed by atoms with E-state index >= 15 is 0 Å². The molecule has 134 valence electrons. The number of nitrogens with zero attached hydrogens (tertiary/aromatic N) is 3. The fourth-order valence-corrected chi connectivity index (χ4v) is 5.33. The van der Waals surface area contributed by atoms with E-state index in [2.05, 4.69) is 5.16 Å². The van der Waals surface area contributed by atoms with Crippen molar-refractivity contribution in [2.24, 2.45) is 0 Å². The van der Waals surface area contributed by atoms with Crippen molar-refractivity contribution in [1.82, 2.24) is 15.2 Å². The van der Waals surface area contributed by atoms with Crippen molar-refractivity contribution in [2.45, 2.75) is 18.2 Å². The zero-order valence-electron chi connectivity index (χ0n) is 13.4. The lowest BCUT2D eigenvalue weighted by atomic mass is 10.3. The molecule has 0 unspecified atom stereocenters. The number of carbonyl (C=O) groups excluding carboxylic acids is 2. The molecule has 3 rings (SSSR count). The summed E-state index contributed by atoms with van der Waals surface area (Å²) in [5.74, 6) is -0.491. The largest absolute Gasteiger partial charge is 0.361 e. The molecule has 0 radical (unpaired) electrons. The van der Waals surface area contributed by atoms with Gasteiger partial charge in [-0.3, -0.25) is 9.59 Å². The summed E-state index contributed by atoms with van der Waals surface area (Å²) >= 11 is 7.02. The average molecular weight is 404 g/mol. The second-order valence-electron chi connectivity index (χ2n) is 5.55. The van der Waals surface area contributed by atoms with E-state index in [4.69, 9.17) is 16.1 Å². The van der Waals surface area contributed by atoms with Crippen LogP contribution in [0.1, 0.15) is 32.3 Å². The molecule has 0 N–H and O–H groups in total. The van der Waals surface area contributed by atoms with Gasteiger partial charge in [-0.25, -0.2) is 18.4 Å². The van der Waals surface area contributed by atoms with Crippen LogP contribution in [0.2, 0.25) is 5.02 Å². The Bertz CT molecular complexity index is 950. The first kappa shape index (κ1) is 17.9. The highest BCUT2D eigenvalue weighted by Gasteiger charge is 2.35. The van der Waals surface area contributed by atoms with E-state index in [0.717, 1.165) is 17.6 Å². The Morgan fingerprint density at radius 3 is 2.44 bits per heavy atom. The molecule has 2 amide bonds. The summed E-state index contributed by atoms with van der Waals surface area (Å²) < 4.78 is 28.3. The summed E-state index contributed by atoms with van der Waals surface area (Å²) in [4.78, 5) is 25.3. The minimum atomic E-state index is -3.53. The van der Waals surface area contributed by atoms with E-state index < -0.39 is 21.7 Å². The van der Waals surface area contributed by atoms with Crippen LogP contribution in [0.3, 0.4) is 0 Å². The Morgan fingerprint density at radius 2 is 1.92 bits per heavy atom. The normalized spacial score (nSPS) is 15.0. The second-order valence-corrected chi connectivity index (χ2v) is 8.79. The minimum Gasteiger partial charge on any atom is -0.361 e. The predicted octanol–water partition coefficient (Wildman–Crippen LogP) is 2.00. The fourth-order valence-electron chi connectivity index (χ4n) is 2.47. The molecule has 1 aliphatic rings. The van der Waals surface area contributed by atoms with Gasteiger partial charge in [0.25, 0.3) is 11.8 Å². The summed E-state index contributed by atoms with van der Waals surface area (Å²) in [7, 11) is -3.53. The van der Waals surface area contributed by atoms with Gasteiger partial charge in [0, 0.05) is 30.8 Å². The lowest BCUT2D eigenvalue weighted by Crippen LogP contribution is -2.44. The summed E-state index contributed by atoms with van der Waals surface area (Å²) in [6, 6.07) is 1.49. The number of aromatic nitrogens is 1. The third-order valence-corrected chi connectivity index (χ3v) is 6.50. The number of thiophene rings is 1. The molecule has 0 aliphatic carbocycles. The molecule has 11 heteroatoms. The van der Waals surface area contributed by atoms with Crippen molar-refractivity contribution < 1.29 is 22.5 Å². The highest BCUT2D eigenvalue weighted by Crippen LogP contribution is 2.33. The van der Waals surface area contributed by atoms with Gasteiger partial charge in [0.15, 0.2) is 15.5 Å². The van der Waals surface area contributed by atoms with E-state index in [1.807, 2.05) is 0 Å². The number of rotatable bonds is 3. The zero-order chi connectivity index (χ0) is 18.4. The molecule has 3 heterocycles. The Hall–Kier alpha value is -1.91. The number of carbonyl (C=O) groups is 2. The summed E-state index contributed by atoms with van der Waals surface area (Å²) in [6.45, 7) is 2.33. The van der Waals surface area contributed by atoms with Crippen molar-refractivity contribution in [3.8, 4) is 0 Å². The average Bonchev–Trinajstić information content (AvgIpc) is 3.23. The Morgan fingerprint density at radius 1 is 1.28 bits per heavy atom. The van der Waals surface area contributed by atoms with Crippen LogP contribution in [0, 0.1) is 6.92 Å². The zero-order valence-corrected chi connectivity index (χ0v) is 15.7. The van der Waals surface area contributed by atoms with Gasteiger partial charge in [-0.1, -0.05) is 16.8 Å². The van der Waals surface area contributed by atoms with E-state index in [9.17, 15) is 18.0 Å². The maximum absolute atomic E-state index is 12.8. The number of hydrazine groups is 1. The molecule has 0 saturated carbocycles. The molecular weight excluding hydrogens is 390 g/mol. The highest BCUT2D eigenvalue weighted by molar-refractivity contribution is 7.91. The van der Waals surface area contributed by atoms with Gasteiger partial charge >= 0.3 is 0 Å². The van der Waals surface area contributed by atoms with E-state index in [0.29, 0.717) is 25.3 Å². The summed E-state index contributed by atoms with van der Waals surface area (Å²) in [5, 5.41) is 7.42. The van der Waals surface area contributed by atoms with Gasteiger partial charge in [-0.05, 0) is 13.3 Å². The quantitative estimate of drug-likeness (QED) is 0.776. The van der Waals surface area contributed by atoms with Crippen molar-refractivity contribution in [3.05, 3.63) is 32.8 Å². The van der Waals surface area contributed by atoms with E-state index in [1.54, 1.807) is 6.92 Å². The van der Waals surface area contributed by atoms with Gasteiger partial charge in [0.1, 0.15) is 10.6 Å². The monoisotopic (exact) mass is 403 g/mol. The van der Waals surface area contributed by atoms with Crippen LogP contribution in [-0.4, -0.2) is 54.8 Å². The first-order valence-corrected chi connectivity index (χ1v) is 10.4. The lowest BCUT2D eigenvalue weighted by Gasteiger charge is -2.26. The van der Waals surface area contributed by atoms with Crippen LogP contribution in [0.5, 0.6) is 0 Å². The maximum atomic E-state index is 12.8. The number of hydrogen-bond donors (Lipinski definition) is 0. The van der Waals surface area contributed by atoms with Crippen LogP contribution in [-0.2, 0) is 9.84 Å². The molecule has 2 aromatic heterocycles. The molecular formula is C14H14ClN3O5S2. The topological polar surface area (TPSA) is 101 Å². The number of halogens is 1. The first-order chi connectivity index (χ1) is 11.7. The summed E-state index contributed by atoms with van der Waals surface area (Å²) in [6.07, 6.45) is 1.62. The van der Waals surface area contributed by atoms with Crippen molar-refractivity contribution in [1.29, 1.82) is 0 Å². The van der Waals surface area contributed by atoms with E-state index in [1.165, 1.54) is 21.5 Å². The smallest absolute Gasteiger partial charge is 0.294 e. The molecule has 1 fully saturated rings. The Kier molecular flexibility index (Phi) is 4.60. The van der Waals surface area contributed by atoms with Crippen molar-refractivity contribution >= 4 is 44.6 Å². The van der Waals surface area contributed by atoms with Crippen molar-refractivity contribution in [2.75, 3.05) is 19.3 Å². The van der Waals surface area contributed by atoms with Gasteiger partial charge in [0.05, 0.1) is 9.92 Å². The molecule has 0 spiro atoms. The van der Waals surface area contributed by atoms with Crippen LogP contribution >= 0.6 is 22.9 Å². The molecule has 2 aromatic rings.